The molecule has 0 spiro atoms. The zero-order chi connectivity index (χ0) is 12.2. The minimum atomic E-state index is -2.36. The number of ketones is 1. The van der Waals surface area contributed by atoms with Crippen LogP contribution in [0.4, 0.5) is 0 Å². The highest BCUT2D eigenvalue weighted by atomic mass is 16.4. The lowest BCUT2D eigenvalue weighted by atomic mass is 10.0. The van der Waals surface area contributed by atoms with E-state index in [4.69, 9.17) is 30.6 Å². The Bertz CT molecular complexity index is 239. The quantitative estimate of drug-likeness (QED) is 0.250. The molecule has 88 valence electrons. The van der Waals surface area contributed by atoms with Crippen molar-refractivity contribution in [3.63, 3.8) is 0 Å². The summed E-state index contributed by atoms with van der Waals surface area (Å²) in [5.74, 6) is -3.70. The Hall–Kier alpha value is -1.06. The van der Waals surface area contributed by atoms with Gasteiger partial charge >= 0.3 is 5.97 Å². The van der Waals surface area contributed by atoms with E-state index in [-0.39, 0.29) is 0 Å². The van der Waals surface area contributed by atoms with E-state index in [1.54, 1.807) is 0 Å². The number of hydrogen-bond acceptors (Lipinski definition) is 7. The van der Waals surface area contributed by atoms with Gasteiger partial charge in [-0.05, 0) is 0 Å². The van der Waals surface area contributed by atoms with Crippen LogP contribution >= 0.6 is 0 Å². The summed E-state index contributed by atoms with van der Waals surface area (Å²) in [6.07, 6.45) is -8.35. The minimum absolute atomic E-state index is 0.911. The molecular formula is C7H12O8. The first-order valence-corrected chi connectivity index (χ1v) is 3.93. The van der Waals surface area contributed by atoms with E-state index >= 15 is 0 Å². The van der Waals surface area contributed by atoms with Crippen molar-refractivity contribution in [3.05, 3.63) is 0 Å². The molecule has 0 aromatic carbocycles. The van der Waals surface area contributed by atoms with Gasteiger partial charge in [0.1, 0.15) is 18.3 Å². The monoisotopic (exact) mass is 224 g/mol. The number of carboxylic acid groups (broad SMARTS) is 1. The van der Waals surface area contributed by atoms with Gasteiger partial charge in [-0.25, -0.2) is 4.79 Å². The molecule has 0 rings (SSSR count). The summed E-state index contributed by atoms with van der Waals surface area (Å²) in [5, 5.41) is 52.4. The zero-order valence-corrected chi connectivity index (χ0v) is 7.52. The lowest BCUT2D eigenvalue weighted by molar-refractivity contribution is -0.162. The molecule has 0 radical (unpaired) electrons. The van der Waals surface area contributed by atoms with Crippen LogP contribution in [0.15, 0.2) is 0 Å². The van der Waals surface area contributed by atoms with Gasteiger partial charge in [0.25, 0.3) is 5.78 Å². The predicted octanol–water partition coefficient (Wildman–Crippen LogP) is -3.92. The third-order valence-electron chi connectivity index (χ3n) is 1.73. The van der Waals surface area contributed by atoms with Crippen molar-refractivity contribution in [2.24, 2.45) is 0 Å². The van der Waals surface area contributed by atoms with E-state index in [0.29, 0.717) is 0 Å². The lowest BCUT2D eigenvalue weighted by Crippen LogP contribution is -2.50. The molecule has 0 bridgehead atoms. The molecule has 15 heavy (non-hydrogen) atoms. The Morgan fingerprint density at radius 3 is 1.80 bits per heavy atom. The molecule has 0 amide bonds. The van der Waals surface area contributed by atoms with Gasteiger partial charge in [-0.2, -0.15) is 0 Å². The molecule has 0 aliphatic carbocycles. The van der Waals surface area contributed by atoms with E-state index in [0.717, 1.165) is 0 Å². The van der Waals surface area contributed by atoms with Gasteiger partial charge in [-0.15, -0.1) is 0 Å². The van der Waals surface area contributed by atoms with Gasteiger partial charge < -0.3 is 30.6 Å². The molecule has 0 saturated heterocycles. The number of aliphatic carboxylic acids is 1. The largest absolute Gasteiger partial charge is 0.475 e. The van der Waals surface area contributed by atoms with Gasteiger partial charge in [0.15, 0.2) is 6.10 Å². The van der Waals surface area contributed by atoms with E-state index < -0.39 is 42.8 Å². The van der Waals surface area contributed by atoms with Crippen LogP contribution < -0.4 is 0 Å². The number of Topliss-reactive ketones (excluding diaryl/α,β-unsaturated/α-hetero) is 1. The van der Waals surface area contributed by atoms with Gasteiger partial charge in [0.05, 0.1) is 6.61 Å². The van der Waals surface area contributed by atoms with Crippen molar-refractivity contribution in [3.8, 4) is 0 Å². The van der Waals surface area contributed by atoms with E-state index in [9.17, 15) is 9.59 Å². The molecular weight excluding hydrogens is 212 g/mol. The van der Waals surface area contributed by atoms with Crippen LogP contribution in [0.1, 0.15) is 0 Å². The van der Waals surface area contributed by atoms with Crippen LogP contribution in [-0.2, 0) is 9.59 Å². The number of hydrogen-bond donors (Lipinski definition) is 6. The number of aliphatic hydroxyl groups is 5. The second-order valence-electron chi connectivity index (χ2n) is 2.85. The summed E-state index contributed by atoms with van der Waals surface area (Å²) < 4.78 is 0. The zero-order valence-electron chi connectivity index (χ0n) is 7.52. The van der Waals surface area contributed by atoms with Gasteiger partial charge in [-0.1, -0.05) is 0 Å². The van der Waals surface area contributed by atoms with Crippen LogP contribution in [0.5, 0.6) is 0 Å². The SMILES string of the molecule is O=C(O)C(=O)C(O)C(O)C(O)C(O)CO. The fourth-order valence-electron chi connectivity index (χ4n) is 0.804. The van der Waals surface area contributed by atoms with Crippen molar-refractivity contribution in [1.82, 2.24) is 0 Å². The number of carbonyl (C=O) groups is 2. The smallest absolute Gasteiger partial charge is 0.375 e. The highest BCUT2D eigenvalue weighted by Gasteiger charge is 2.36. The van der Waals surface area contributed by atoms with Crippen molar-refractivity contribution < 1.29 is 40.2 Å². The van der Waals surface area contributed by atoms with E-state index in [2.05, 4.69) is 0 Å². The Balaban J connectivity index is 4.50. The van der Waals surface area contributed by atoms with Gasteiger partial charge in [0, 0.05) is 0 Å². The topological polar surface area (TPSA) is 156 Å². The van der Waals surface area contributed by atoms with Crippen LogP contribution in [0, 0.1) is 0 Å². The Morgan fingerprint density at radius 2 is 1.47 bits per heavy atom. The second kappa shape index (κ2) is 5.73. The average Bonchev–Trinajstić information content (AvgIpc) is 2.23. The second-order valence-corrected chi connectivity index (χ2v) is 2.85. The average molecular weight is 224 g/mol. The first kappa shape index (κ1) is 13.9. The van der Waals surface area contributed by atoms with Crippen molar-refractivity contribution >= 4 is 11.8 Å². The van der Waals surface area contributed by atoms with Crippen LogP contribution in [0.2, 0.25) is 0 Å². The number of rotatable bonds is 6. The van der Waals surface area contributed by atoms with Crippen LogP contribution in [0.25, 0.3) is 0 Å². The number of aliphatic hydroxyl groups excluding tert-OH is 5. The predicted molar refractivity (Wildman–Crippen MR) is 43.8 cm³/mol. The Kier molecular flexibility index (Phi) is 5.33. The molecule has 0 fully saturated rings. The number of carboxylic acids is 1. The standard InChI is InChI=1S/C7H12O8/c8-1-2(9)3(10)4(11)5(12)6(13)7(14)15/h2-5,8-12H,1H2,(H,14,15). The minimum Gasteiger partial charge on any atom is -0.475 e. The maximum atomic E-state index is 10.6. The fraction of sp³-hybridized carbons (Fsp3) is 0.714. The molecule has 0 aromatic heterocycles. The molecule has 8 nitrogen and oxygen atoms in total. The van der Waals surface area contributed by atoms with Crippen molar-refractivity contribution in [2.75, 3.05) is 6.61 Å². The molecule has 0 aliphatic heterocycles. The maximum absolute atomic E-state index is 10.6. The summed E-state index contributed by atoms with van der Waals surface area (Å²) in [4.78, 5) is 20.7. The summed E-state index contributed by atoms with van der Waals surface area (Å²) in [6.45, 7) is -0.911. The summed E-state index contributed by atoms with van der Waals surface area (Å²) >= 11 is 0. The van der Waals surface area contributed by atoms with E-state index in [1.807, 2.05) is 0 Å². The maximum Gasteiger partial charge on any atom is 0.375 e. The fourth-order valence-corrected chi connectivity index (χ4v) is 0.804. The van der Waals surface area contributed by atoms with Crippen molar-refractivity contribution in [2.45, 2.75) is 24.4 Å². The third-order valence-corrected chi connectivity index (χ3v) is 1.73. The first-order valence-electron chi connectivity index (χ1n) is 3.93. The summed E-state index contributed by atoms with van der Waals surface area (Å²) in [6, 6.07) is 0. The molecule has 4 unspecified atom stereocenters. The number of carbonyl (C=O) groups excluding carboxylic acids is 1. The Morgan fingerprint density at radius 1 is 1.00 bits per heavy atom. The van der Waals surface area contributed by atoms with Gasteiger partial charge in [-0.3, -0.25) is 4.79 Å². The lowest BCUT2D eigenvalue weighted by Gasteiger charge is -2.23. The van der Waals surface area contributed by atoms with Gasteiger partial charge in [0.2, 0.25) is 0 Å². The Labute approximate surface area is 84.0 Å². The normalized spacial score (nSPS) is 19.0. The summed E-state index contributed by atoms with van der Waals surface area (Å²) in [5.41, 5.74) is 0. The first-order chi connectivity index (χ1) is 6.82. The summed E-state index contributed by atoms with van der Waals surface area (Å²) in [7, 11) is 0. The molecule has 0 saturated carbocycles. The molecule has 0 aromatic rings. The molecule has 4 atom stereocenters. The highest BCUT2D eigenvalue weighted by Crippen LogP contribution is 2.06. The van der Waals surface area contributed by atoms with Crippen molar-refractivity contribution in [1.29, 1.82) is 0 Å². The molecule has 0 aliphatic rings. The van der Waals surface area contributed by atoms with E-state index in [1.165, 1.54) is 0 Å². The molecule has 6 N–H and O–H groups in total. The molecule has 0 heterocycles. The van der Waals surface area contributed by atoms with Crippen LogP contribution in [-0.4, -0.2) is 73.4 Å². The third kappa shape index (κ3) is 3.53. The highest BCUT2D eigenvalue weighted by molar-refractivity contribution is 6.34. The van der Waals surface area contributed by atoms with Crippen LogP contribution in [0.3, 0.4) is 0 Å². The molecule has 8 heteroatoms.